The molecule has 2 aromatic heterocycles. The summed E-state index contributed by atoms with van der Waals surface area (Å²) < 4.78 is 8.12. The number of rotatable bonds is 1. The van der Waals surface area contributed by atoms with Gasteiger partial charge in [0.1, 0.15) is 5.58 Å². The van der Waals surface area contributed by atoms with Gasteiger partial charge in [-0.15, -0.1) is 0 Å². The first-order valence-electron chi connectivity index (χ1n) is 12.7. The number of hydrogen-bond donors (Lipinski definition) is 0. The molecular formula is C34H23NO2. The first-order valence-corrected chi connectivity index (χ1v) is 12.7. The highest BCUT2D eigenvalue weighted by molar-refractivity contribution is 6.12. The lowest BCUT2D eigenvalue weighted by Crippen LogP contribution is -2.14. The van der Waals surface area contributed by atoms with E-state index in [-0.39, 0.29) is 11.0 Å². The first-order chi connectivity index (χ1) is 18.0. The Labute approximate surface area is 213 Å². The number of hydrogen-bond acceptors (Lipinski definition) is 2. The molecule has 3 nitrogen and oxygen atoms in total. The highest BCUT2D eigenvalue weighted by Crippen LogP contribution is 2.50. The van der Waals surface area contributed by atoms with Crippen molar-refractivity contribution in [2.24, 2.45) is 0 Å². The van der Waals surface area contributed by atoms with Crippen molar-refractivity contribution in [2.75, 3.05) is 0 Å². The van der Waals surface area contributed by atoms with Crippen molar-refractivity contribution in [3.8, 4) is 16.8 Å². The van der Waals surface area contributed by atoms with Gasteiger partial charge in [-0.1, -0.05) is 74.5 Å². The summed E-state index contributed by atoms with van der Waals surface area (Å²) in [4.78, 5) is 12.7. The van der Waals surface area contributed by atoms with Crippen LogP contribution in [-0.4, -0.2) is 4.57 Å². The Hall–Kier alpha value is -4.63. The fourth-order valence-corrected chi connectivity index (χ4v) is 6.45. The van der Waals surface area contributed by atoms with Crippen molar-refractivity contribution in [1.29, 1.82) is 0 Å². The van der Waals surface area contributed by atoms with Crippen LogP contribution in [0.1, 0.15) is 25.0 Å². The molecule has 3 heteroatoms. The second-order valence-corrected chi connectivity index (χ2v) is 10.6. The van der Waals surface area contributed by atoms with E-state index in [9.17, 15) is 4.79 Å². The van der Waals surface area contributed by atoms with E-state index in [2.05, 4.69) is 91.2 Å². The summed E-state index contributed by atoms with van der Waals surface area (Å²) in [5.41, 5.74) is 8.81. The quantitative estimate of drug-likeness (QED) is 0.176. The highest BCUT2D eigenvalue weighted by atomic mass is 16.4. The summed E-state index contributed by atoms with van der Waals surface area (Å²) >= 11 is 0. The van der Waals surface area contributed by atoms with Crippen LogP contribution in [0.15, 0.2) is 112 Å². The van der Waals surface area contributed by atoms with E-state index in [1.807, 2.05) is 30.3 Å². The van der Waals surface area contributed by atoms with E-state index in [0.717, 1.165) is 27.5 Å². The summed E-state index contributed by atoms with van der Waals surface area (Å²) in [6.45, 7) is 4.62. The summed E-state index contributed by atoms with van der Waals surface area (Å²) in [6.07, 6.45) is 0. The van der Waals surface area contributed by atoms with Gasteiger partial charge in [0.25, 0.3) is 0 Å². The minimum Gasteiger partial charge on any atom is -0.422 e. The van der Waals surface area contributed by atoms with Gasteiger partial charge in [0.2, 0.25) is 0 Å². The standard InChI is InChI=1S/C34H23NO2/c1-34(2)28-13-7-5-10-22(28)26-18-27-23-11-6-8-14-30(23)35(31(27)19-29(26)34)20-15-16-24-21-9-3-4-12-25(21)33(36)37-32(24)17-20/h3-19H,1-2H3. The molecule has 5 aromatic carbocycles. The second kappa shape index (κ2) is 6.98. The maximum atomic E-state index is 12.7. The van der Waals surface area contributed by atoms with Crippen LogP contribution >= 0.6 is 0 Å². The van der Waals surface area contributed by atoms with Crippen LogP contribution in [0.25, 0.3) is 60.4 Å². The molecule has 0 saturated heterocycles. The Bertz CT molecular complexity index is 2140. The number of benzene rings is 5. The van der Waals surface area contributed by atoms with Gasteiger partial charge in [-0.2, -0.15) is 0 Å². The van der Waals surface area contributed by atoms with Crippen LogP contribution in [0.3, 0.4) is 0 Å². The molecule has 0 N–H and O–H groups in total. The van der Waals surface area contributed by atoms with Crippen LogP contribution in [-0.2, 0) is 5.41 Å². The van der Waals surface area contributed by atoms with E-state index in [1.54, 1.807) is 0 Å². The Kier molecular flexibility index (Phi) is 3.88. The summed E-state index contributed by atoms with van der Waals surface area (Å²) in [7, 11) is 0. The zero-order valence-electron chi connectivity index (χ0n) is 20.6. The van der Waals surface area contributed by atoms with Gasteiger partial charge in [-0.25, -0.2) is 4.79 Å². The smallest absolute Gasteiger partial charge is 0.344 e. The summed E-state index contributed by atoms with van der Waals surface area (Å²) in [5, 5.41) is 4.90. The van der Waals surface area contributed by atoms with Crippen LogP contribution in [0, 0.1) is 0 Å². The van der Waals surface area contributed by atoms with Crippen molar-refractivity contribution < 1.29 is 4.42 Å². The van der Waals surface area contributed by atoms with Crippen molar-refractivity contribution in [2.45, 2.75) is 19.3 Å². The third kappa shape index (κ3) is 2.63. The first kappa shape index (κ1) is 20.6. The second-order valence-electron chi connectivity index (χ2n) is 10.6. The zero-order chi connectivity index (χ0) is 24.9. The monoisotopic (exact) mass is 477 g/mol. The maximum Gasteiger partial charge on any atom is 0.344 e. The van der Waals surface area contributed by atoms with Gasteiger partial charge in [-0.3, -0.25) is 0 Å². The molecule has 0 unspecified atom stereocenters. The molecule has 37 heavy (non-hydrogen) atoms. The zero-order valence-corrected chi connectivity index (χ0v) is 20.6. The van der Waals surface area contributed by atoms with Crippen molar-refractivity contribution in [3.63, 3.8) is 0 Å². The van der Waals surface area contributed by atoms with Crippen molar-refractivity contribution in [1.82, 2.24) is 4.57 Å². The molecule has 0 aliphatic heterocycles. The molecule has 0 fully saturated rings. The number of para-hydroxylation sites is 1. The summed E-state index contributed by atoms with van der Waals surface area (Å²) in [5.74, 6) is 0. The normalized spacial score (nSPS) is 14.0. The molecular weight excluding hydrogens is 454 g/mol. The maximum absolute atomic E-state index is 12.7. The van der Waals surface area contributed by atoms with Crippen LogP contribution in [0.5, 0.6) is 0 Å². The van der Waals surface area contributed by atoms with Gasteiger partial charge >= 0.3 is 5.63 Å². The van der Waals surface area contributed by atoms with Crippen LogP contribution in [0.4, 0.5) is 0 Å². The third-order valence-electron chi connectivity index (χ3n) is 8.24. The van der Waals surface area contributed by atoms with E-state index >= 15 is 0 Å². The number of aromatic nitrogens is 1. The van der Waals surface area contributed by atoms with Crippen LogP contribution in [0.2, 0.25) is 0 Å². The van der Waals surface area contributed by atoms with Gasteiger partial charge in [0, 0.05) is 33.3 Å². The molecule has 2 heterocycles. The van der Waals surface area contributed by atoms with E-state index < -0.39 is 0 Å². The Morgan fingerprint density at radius 3 is 2.19 bits per heavy atom. The molecule has 0 radical (unpaired) electrons. The van der Waals surface area contributed by atoms with Gasteiger partial charge in [-0.05, 0) is 64.0 Å². The fraction of sp³-hybridized carbons (Fsp3) is 0.0882. The van der Waals surface area contributed by atoms with Crippen molar-refractivity contribution >= 4 is 43.5 Å². The molecule has 0 bridgehead atoms. The molecule has 0 spiro atoms. The van der Waals surface area contributed by atoms with Gasteiger partial charge in [0.05, 0.1) is 16.4 Å². The van der Waals surface area contributed by atoms with Crippen LogP contribution < -0.4 is 5.63 Å². The Morgan fingerprint density at radius 1 is 0.595 bits per heavy atom. The molecule has 0 amide bonds. The molecule has 1 aliphatic carbocycles. The molecule has 0 saturated carbocycles. The Balaban J connectivity index is 1.47. The van der Waals surface area contributed by atoms with Crippen molar-refractivity contribution in [3.05, 3.63) is 125 Å². The third-order valence-corrected chi connectivity index (χ3v) is 8.24. The molecule has 1 aliphatic rings. The predicted molar refractivity (Wildman–Crippen MR) is 152 cm³/mol. The average Bonchev–Trinajstić information content (AvgIpc) is 3.36. The average molecular weight is 478 g/mol. The number of fused-ring (bicyclic) bond motifs is 9. The molecule has 176 valence electrons. The number of nitrogens with zero attached hydrogens (tertiary/aromatic N) is 1. The topological polar surface area (TPSA) is 35.1 Å². The highest BCUT2D eigenvalue weighted by Gasteiger charge is 2.36. The largest absolute Gasteiger partial charge is 0.422 e. The van der Waals surface area contributed by atoms with E-state index in [0.29, 0.717) is 11.0 Å². The minimum absolute atomic E-state index is 0.0868. The van der Waals surface area contributed by atoms with E-state index in [4.69, 9.17) is 4.42 Å². The molecule has 7 aromatic rings. The van der Waals surface area contributed by atoms with Gasteiger partial charge < -0.3 is 8.98 Å². The lowest BCUT2D eigenvalue weighted by molar-refractivity contribution is 0.569. The van der Waals surface area contributed by atoms with Gasteiger partial charge in [0.15, 0.2) is 0 Å². The lowest BCUT2D eigenvalue weighted by Gasteiger charge is -2.21. The minimum atomic E-state index is -0.306. The Morgan fingerprint density at radius 2 is 1.32 bits per heavy atom. The molecule has 0 atom stereocenters. The molecule has 8 rings (SSSR count). The predicted octanol–water partition coefficient (Wildman–Crippen LogP) is 8.35. The van der Waals surface area contributed by atoms with E-state index in [1.165, 1.54) is 33.0 Å². The SMILES string of the molecule is CC1(C)c2ccccc2-c2cc3c4ccccc4n(-c4ccc5c(c4)oc(=O)c4ccccc45)c3cc21. The summed E-state index contributed by atoms with van der Waals surface area (Å²) in [6, 6.07) is 35.9. The lowest BCUT2D eigenvalue weighted by atomic mass is 9.82. The fourth-order valence-electron chi connectivity index (χ4n) is 6.45.